The molecule has 1 aliphatic rings. The van der Waals surface area contributed by atoms with Crippen LogP contribution in [-0.4, -0.2) is 78.3 Å². The minimum atomic E-state index is -3.72. The van der Waals surface area contributed by atoms with Crippen LogP contribution in [0.15, 0.2) is 29.1 Å². The molecule has 3 rings (SSSR count). The molecule has 1 aromatic heterocycles. The van der Waals surface area contributed by atoms with Crippen LogP contribution in [0.1, 0.15) is 28.8 Å². The third kappa shape index (κ3) is 4.69. The second-order valence-electron chi connectivity index (χ2n) is 8.69. The quantitative estimate of drug-likeness (QED) is 0.540. The molecule has 11 nitrogen and oxygen atoms in total. The predicted octanol–water partition coefficient (Wildman–Crippen LogP) is -0.757. The number of rotatable bonds is 6. The van der Waals surface area contributed by atoms with E-state index in [0.29, 0.717) is 12.1 Å². The number of aromatic nitrogens is 2. The van der Waals surface area contributed by atoms with Crippen LogP contribution < -0.4 is 15.9 Å². The molecule has 1 atom stereocenters. The van der Waals surface area contributed by atoms with Gasteiger partial charge in [0.25, 0.3) is 27.7 Å². The Balaban J connectivity index is 1.99. The van der Waals surface area contributed by atoms with E-state index in [-0.39, 0.29) is 31.2 Å². The number of aromatic amines is 1. The molecule has 1 saturated heterocycles. The van der Waals surface area contributed by atoms with Crippen molar-refractivity contribution >= 4 is 16.1 Å². The van der Waals surface area contributed by atoms with Crippen molar-refractivity contribution in [3.63, 3.8) is 0 Å². The first-order valence-corrected chi connectivity index (χ1v) is 12.0. The lowest BCUT2D eigenvalue weighted by molar-refractivity contribution is -0.417. The maximum Gasteiger partial charge on any atom is 0.380 e. The molecule has 2 heterocycles. The van der Waals surface area contributed by atoms with E-state index in [9.17, 15) is 27.5 Å². The van der Waals surface area contributed by atoms with E-state index in [1.54, 1.807) is 14.0 Å². The summed E-state index contributed by atoms with van der Waals surface area (Å²) < 4.78 is 42.2. The van der Waals surface area contributed by atoms with Crippen molar-refractivity contribution in [3.05, 3.63) is 57.5 Å². The maximum atomic E-state index is 13.1. The number of carbonyl (C=O) groups is 1. The number of benzene rings is 1. The fourth-order valence-electron chi connectivity index (χ4n) is 3.90. The first kappa shape index (κ1) is 25.7. The van der Waals surface area contributed by atoms with Crippen molar-refractivity contribution in [3.8, 4) is 5.75 Å². The Hall–Kier alpha value is -2.87. The Kier molecular flexibility index (Phi) is 7.12. The van der Waals surface area contributed by atoms with Gasteiger partial charge in [-0.2, -0.15) is 21.6 Å². The van der Waals surface area contributed by atoms with E-state index in [1.165, 1.54) is 54.3 Å². The molecule has 1 fully saturated rings. The number of carbonyl (C=O) groups excluding carboxylic acids is 1. The summed E-state index contributed by atoms with van der Waals surface area (Å²) in [6.07, 6.45) is 0. The summed E-state index contributed by atoms with van der Waals surface area (Å²) in [6.45, 7) is 2.44. The zero-order valence-electron chi connectivity index (χ0n) is 19.8. The number of H-pyrrole nitrogens is 1. The second-order valence-corrected chi connectivity index (χ2v) is 10.8. The molecule has 2 aromatic rings. The highest BCUT2D eigenvalue weighted by molar-refractivity contribution is 7.86. The van der Waals surface area contributed by atoms with E-state index in [0.717, 1.165) is 4.31 Å². The van der Waals surface area contributed by atoms with E-state index >= 15 is 0 Å². The van der Waals surface area contributed by atoms with Gasteiger partial charge in [-0.15, -0.1) is 0 Å². The highest BCUT2D eigenvalue weighted by Crippen LogP contribution is 2.30. The van der Waals surface area contributed by atoms with Crippen LogP contribution in [0.25, 0.3) is 0 Å². The van der Waals surface area contributed by atoms with Crippen LogP contribution in [0.3, 0.4) is 0 Å². The molecule has 3 N–H and O–H groups in total. The third-order valence-corrected chi connectivity index (χ3v) is 8.11. The third-order valence-electron chi connectivity index (χ3n) is 6.23. The molecule has 1 aromatic carbocycles. The van der Waals surface area contributed by atoms with Gasteiger partial charge in [-0.1, -0.05) is 12.1 Å². The summed E-state index contributed by atoms with van der Waals surface area (Å²) in [4.78, 5) is 30.4. The smallest absolute Gasteiger partial charge is 0.380 e. The van der Waals surface area contributed by atoms with Crippen molar-refractivity contribution in [1.82, 2.24) is 23.4 Å². The van der Waals surface area contributed by atoms with Crippen molar-refractivity contribution in [2.45, 2.75) is 19.0 Å². The number of aromatic hydroxyl groups is 1. The van der Waals surface area contributed by atoms with Crippen molar-refractivity contribution in [1.29, 1.82) is 0 Å². The first-order chi connectivity index (χ1) is 15.8. The van der Waals surface area contributed by atoms with E-state index in [4.69, 9.17) is 0 Å². The van der Waals surface area contributed by atoms with Crippen molar-refractivity contribution < 1.29 is 27.7 Å². The monoisotopic (exact) mass is 497 g/mol. The molecule has 0 aliphatic carbocycles. The number of hydrogen-bond acceptors (Lipinski definition) is 6. The van der Waals surface area contributed by atoms with Gasteiger partial charge in [0.15, 0.2) is 0 Å². The Morgan fingerprint density at radius 2 is 1.85 bits per heavy atom. The van der Waals surface area contributed by atoms with Gasteiger partial charge in [0, 0.05) is 40.3 Å². The van der Waals surface area contributed by atoms with Crippen LogP contribution in [-0.2, 0) is 29.3 Å². The highest BCUT2D eigenvalue weighted by atomic mass is 32.2. The molecule has 34 heavy (non-hydrogen) atoms. The molecule has 186 valence electrons. The lowest BCUT2D eigenvalue weighted by Crippen LogP contribution is -2.63. The summed E-state index contributed by atoms with van der Waals surface area (Å²) in [6, 6.07) is 5.53. The molecule has 1 aliphatic heterocycles. The predicted molar refractivity (Wildman–Crippen MR) is 122 cm³/mol. The molecule has 0 saturated carbocycles. The fourth-order valence-corrected chi connectivity index (χ4v) is 5.09. The topological polar surface area (TPSA) is 129 Å². The van der Waals surface area contributed by atoms with Gasteiger partial charge in [0.05, 0.1) is 7.05 Å². The molecule has 13 heteroatoms. The number of hydrogen-bond donors (Lipinski definition) is 2. The normalized spacial score (nSPS) is 20.0. The zero-order valence-corrected chi connectivity index (χ0v) is 20.6. The molecule has 0 radical (unpaired) electrons. The zero-order chi connectivity index (χ0) is 25.4. The van der Waals surface area contributed by atoms with Gasteiger partial charge in [-0.25, -0.2) is 14.2 Å². The van der Waals surface area contributed by atoms with Crippen LogP contribution in [0, 0.1) is 5.82 Å². The molecular weight excluding hydrogens is 467 g/mol. The summed E-state index contributed by atoms with van der Waals surface area (Å²) in [7, 11) is 2.39. The van der Waals surface area contributed by atoms with E-state index in [1.807, 2.05) is 4.90 Å². The van der Waals surface area contributed by atoms with Crippen LogP contribution in [0.4, 0.5) is 4.39 Å². The SMILES string of the molecule is CN1CCN(S(=O)(=O)N(C)C)CC1(C)c1[nH+]c(C(=O)NCc2ccc(F)cc2)c(O)c(=O)n1C. The van der Waals surface area contributed by atoms with Crippen LogP contribution >= 0.6 is 0 Å². The van der Waals surface area contributed by atoms with E-state index in [2.05, 4.69) is 10.3 Å². The summed E-state index contributed by atoms with van der Waals surface area (Å²) in [5.41, 5.74) is -1.54. The minimum Gasteiger partial charge on any atom is -0.498 e. The molecule has 1 amide bonds. The van der Waals surface area contributed by atoms with Gasteiger partial charge in [0.2, 0.25) is 5.69 Å². The van der Waals surface area contributed by atoms with Crippen LogP contribution in [0.5, 0.6) is 5.75 Å². The largest absolute Gasteiger partial charge is 0.498 e. The molecule has 0 bridgehead atoms. The number of likely N-dealkylation sites (N-methyl/N-ethyl adjacent to an activating group) is 1. The van der Waals surface area contributed by atoms with Gasteiger partial charge >= 0.3 is 5.56 Å². The Morgan fingerprint density at radius 3 is 2.44 bits per heavy atom. The van der Waals surface area contributed by atoms with Crippen molar-refractivity contribution in [2.24, 2.45) is 7.05 Å². The van der Waals surface area contributed by atoms with Gasteiger partial charge in [-0.05, 0) is 31.7 Å². The number of nitrogens with zero attached hydrogens (tertiary/aromatic N) is 4. The molecular formula is C21H30FN6O5S+. The average molecular weight is 498 g/mol. The molecule has 0 spiro atoms. The average Bonchev–Trinajstić information content (AvgIpc) is 2.78. The first-order valence-electron chi connectivity index (χ1n) is 10.6. The number of piperazine rings is 1. The molecule has 1 unspecified atom stereocenters. The number of amides is 1. The summed E-state index contributed by atoms with van der Waals surface area (Å²) in [5.74, 6) is -1.65. The van der Waals surface area contributed by atoms with Crippen LogP contribution in [0.2, 0.25) is 0 Å². The van der Waals surface area contributed by atoms with Gasteiger partial charge < -0.3 is 10.4 Å². The Bertz CT molecular complexity index is 1250. The van der Waals surface area contributed by atoms with Gasteiger partial charge in [-0.3, -0.25) is 9.69 Å². The van der Waals surface area contributed by atoms with E-state index < -0.39 is 38.8 Å². The maximum absolute atomic E-state index is 13.1. The Labute approximate surface area is 197 Å². The van der Waals surface area contributed by atoms with Gasteiger partial charge in [0.1, 0.15) is 11.4 Å². The highest BCUT2D eigenvalue weighted by Gasteiger charge is 2.48. The fraction of sp³-hybridized carbons (Fsp3) is 0.476. The number of nitrogens with one attached hydrogen (secondary N) is 2. The lowest BCUT2D eigenvalue weighted by Gasteiger charge is -2.44. The standard InChI is InChI=1S/C21H29FN6O5S/c1-21(13-28(11-10-26(21)4)34(32,33)25(2)3)20-24-16(17(29)19(31)27(20)5)18(30)23-12-14-6-8-15(22)9-7-14/h6-9,29H,10-13H2,1-5H3,(H,23,30)/p+1. The van der Waals surface area contributed by atoms with Crippen molar-refractivity contribution in [2.75, 3.05) is 40.8 Å². The minimum absolute atomic E-state index is 0.00913. The summed E-state index contributed by atoms with van der Waals surface area (Å²) >= 11 is 0. The lowest BCUT2D eigenvalue weighted by atomic mass is 9.96. The number of halogens is 1. The Morgan fingerprint density at radius 1 is 1.24 bits per heavy atom. The summed E-state index contributed by atoms with van der Waals surface area (Å²) in [5, 5.41) is 13.0. The second kappa shape index (κ2) is 9.41.